The minimum atomic E-state index is -0.00275. The molecule has 0 spiro atoms. The highest BCUT2D eigenvalue weighted by atomic mass is 79.9. The zero-order chi connectivity index (χ0) is 9.42. The highest BCUT2D eigenvalue weighted by Gasteiger charge is 2.19. The third kappa shape index (κ3) is 1.44. The quantitative estimate of drug-likeness (QED) is 0.748. The highest BCUT2D eigenvalue weighted by Crippen LogP contribution is 2.27. The third-order valence-electron chi connectivity index (χ3n) is 2.42. The van der Waals surface area contributed by atoms with Crippen molar-refractivity contribution < 1.29 is 0 Å². The van der Waals surface area contributed by atoms with E-state index in [0.717, 1.165) is 29.6 Å². The molecule has 1 unspecified atom stereocenters. The fourth-order valence-electron chi connectivity index (χ4n) is 1.78. The molecule has 13 heavy (non-hydrogen) atoms. The molecule has 2 N–H and O–H groups in total. The highest BCUT2D eigenvalue weighted by molar-refractivity contribution is 9.10. The predicted octanol–water partition coefficient (Wildman–Crippen LogP) is 1.40. The van der Waals surface area contributed by atoms with Gasteiger partial charge in [-0.3, -0.25) is 4.79 Å². The lowest BCUT2D eigenvalue weighted by Crippen LogP contribution is -2.31. The molecule has 0 bridgehead atoms. The molecule has 1 atom stereocenters. The van der Waals surface area contributed by atoms with Crippen molar-refractivity contribution in [3.8, 4) is 0 Å². The van der Waals surface area contributed by atoms with E-state index in [1.165, 1.54) is 0 Å². The van der Waals surface area contributed by atoms with Crippen molar-refractivity contribution in [2.45, 2.75) is 25.4 Å². The molecule has 2 rings (SSSR count). The molecule has 1 aliphatic rings. The molecule has 1 aromatic heterocycles. The summed E-state index contributed by atoms with van der Waals surface area (Å²) in [5, 5.41) is 0. The minimum Gasteiger partial charge on any atom is -0.323 e. The molecule has 1 aromatic rings. The van der Waals surface area contributed by atoms with Crippen LogP contribution in [-0.4, -0.2) is 4.57 Å². The molecule has 0 saturated carbocycles. The number of halogens is 1. The fraction of sp³-hybridized carbons (Fsp3) is 0.444. The van der Waals surface area contributed by atoms with Crippen LogP contribution in [0.5, 0.6) is 0 Å². The summed E-state index contributed by atoms with van der Waals surface area (Å²) in [4.78, 5) is 11.4. The number of aromatic nitrogens is 1. The zero-order valence-electron chi connectivity index (χ0n) is 7.16. The van der Waals surface area contributed by atoms with Gasteiger partial charge in [0.15, 0.2) is 0 Å². The van der Waals surface area contributed by atoms with E-state index in [0.29, 0.717) is 0 Å². The summed E-state index contributed by atoms with van der Waals surface area (Å²) < 4.78 is 2.71. The topological polar surface area (TPSA) is 48.0 Å². The van der Waals surface area contributed by atoms with Gasteiger partial charge in [-0.25, -0.2) is 0 Å². The van der Waals surface area contributed by atoms with Crippen LogP contribution >= 0.6 is 15.9 Å². The van der Waals surface area contributed by atoms with Crippen LogP contribution in [0.15, 0.2) is 21.4 Å². The van der Waals surface area contributed by atoms with Crippen molar-refractivity contribution in [2.24, 2.45) is 5.73 Å². The standard InChI is InChI=1S/C9H11BrN2O/c10-6-3-4-8(13)12-5-1-2-7(11)9(6)12/h3-4,7H,1-2,5,11H2. The molecule has 0 aromatic carbocycles. The Balaban J connectivity index is 2.67. The van der Waals surface area contributed by atoms with Crippen molar-refractivity contribution in [2.75, 3.05) is 0 Å². The Morgan fingerprint density at radius 1 is 1.54 bits per heavy atom. The average Bonchev–Trinajstić information content (AvgIpc) is 2.12. The van der Waals surface area contributed by atoms with Gasteiger partial charge in [-0.15, -0.1) is 0 Å². The van der Waals surface area contributed by atoms with Gasteiger partial charge < -0.3 is 10.3 Å². The van der Waals surface area contributed by atoms with Crippen LogP contribution in [-0.2, 0) is 6.54 Å². The summed E-state index contributed by atoms with van der Waals surface area (Å²) in [7, 11) is 0. The van der Waals surface area contributed by atoms with E-state index < -0.39 is 0 Å². The maximum Gasteiger partial charge on any atom is 0.250 e. The van der Waals surface area contributed by atoms with E-state index in [9.17, 15) is 4.79 Å². The monoisotopic (exact) mass is 242 g/mol. The number of fused-ring (bicyclic) bond motifs is 1. The lowest BCUT2D eigenvalue weighted by atomic mass is 10.0. The molecule has 1 aliphatic heterocycles. The van der Waals surface area contributed by atoms with Crippen LogP contribution in [0.1, 0.15) is 24.6 Å². The molecule has 0 radical (unpaired) electrons. The Morgan fingerprint density at radius 3 is 3.00 bits per heavy atom. The first-order valence-electron chi connectivity index (χ1n) is 4.35. The van der Waals surface area contributed by atoms with E-state index in [2.05, 4.69) is 15.9 Å². The van der Waals surface area contributed by atoms with Crippen LogP contribution in [0.2, 0.25) is 0 Å². The second kappa shape index (κ2) is 3.27. The van der Waals surface area contributed by atoms with E-state index in [-0.39, 0.29) is 11.6 Å². The molecule has 0 fully saturated rings. The van der Waals surface area contributed by atoms with E-state index >= 15 is 0 Å². The Bertz CT molecular complexity index is 386. The maximum absolute atomic E-state index is 11.4. The molecule has 70 valence electrons. The average molecular weight is 243 g/mol. The van der Waals surface area contributed by atoms with E-state index in [1.54, 1.807) is 16.7 Å². The smallest absolute Gasteiger partial charge is 0.250 e. The van der Waals surface area contributed by atoms with Gasteiger partial charge in [0.05, 0.1) is 5.69 Å². The molecule has 4 heteroatoms. The van der Waals surface area contributed by atoms with E-state index in [1.807, 2.05) is 0 Å². The summed E-state index contributed by atoms with van der Waals surface area (Å²) in [6, 6.07) is 3.35. The molecule has 0 amide bonds. The van der Waals surface area contributed by atoms with Gasteiger partial charge in [0.1, 0.15) is 0 Å². The van der Waals surface area contributed by atoms with Crippen molar-refractivity contribution >= 4 is 15.9 Å². The summed E-state index contributed by atoms with van der Waals surface area (Å²) >= 11 is 3.42. The van der Waals surface area contributed by atoms with Crippen molar-refractivity contribution in [1.29, 1.82) is 0 Å². The Labute approximate surface area is 84.7 Å². The van der Waals surface area contributed by atoms with Crippen LogP contribution in [0.25, 0.3) is 0 Å². The van der Waals surface area contributed by atoms with Gasteiger partial charge in [-0.2, -0.15) is 0 Å². The Hall–Kier alpha value is -0.610. The number of hydrogen-bond donors (Lipinski definition) is 1. The minimum absolute atomic E-state index is 0.00275. The summed E-state index contributed by atoms with van der Waals surface area (Å²) in [5.74, 6) is 0. The lowest BCUT2D eigenvalue weighted by Gasteiger charge is -2.24. The van der Waals surface area contributed by atoms with Crippen LogP contribution < -0.4 is 11.3 Å². The molecular weight excluding hydrogens is 232 g/mol. The zero-order valence-corrected chi connectivity index (χ0v) is 8.75. The predicted molar refractivity (Wildman–Crippen MR) is 54.6 cm³/mol. The second-order valence-corrected chi connectivity index (χ2v) is 4.16. The van der Waals surface area contributed by atoms with E-state index in [4.69, 9.17) is 5.73 Å². The SMILES string of the molecule is NC1CCCn2c1c(Br)ccc2=O. The first kappa shape index (κ1) is 8.97. The number of rotatable bonds is 0. The number of pyridine rings is 1. The van der Waals surface area contributed by atoms with Crippen molar-refractivity contribution in [3.63, 3.8) is 0 Å². The Kier molecular flexibility index (Phi) is 2.26. The summed E-state index contributed by atoms with van der Waals surface area (Å²) in [6.45, 7) is 0.793. The molecule has 2 heterocycles. The van der Waals surface area contributed by atoms with Gasteiger partial charge in [0, 0.05) is 23.1 Å². The van der Waals surface area contributed by atoms with Gasteiger partial charge >= 0.3 is 0 Å². The van der Waals surface area contributed by atoms with Crippen LogP contribution in [0.3, 0.4) is 0 Å². The largest absolute Gasteiger partial charge is 0.323 e. The van der Waals surface area contributed by atoms with Gasteiger partial charge in [-0.1, -0.05) is 0 Å². The van der Waals surface area contributed by atoms with Crippen molar-refractivity contribution in [3.05, 3.63) is 32.7 Å². The number of nitrogens with two attached hydrogens (primary N) is 1. The maximum atomic E-state index is 11.4. The van der Waals surface area contributed by atoms with Crippen LogP contribution in [0, 0.1) is 0 Å². The summed E-state index contributed by atoms with van der Waals surface area (Å²) in [5.41, 5.74) is 6.92. The van der Waals surface area contributed by atoms with Gasteiger partial charge in [0.25, 0.3) is 5.56 Å². The third-order valence-corrected chi connectivity index (χ3v) is 3.09. The normalized spacial score (nSPS) is 21.2. The molecule has 0 saturated heterocycles. The number of hydrogen-bond acceptors (Lipinski definition) is 2. The first-order valence-corrected chi connectivity index (χ1v) is 5.14. The van der Waals surface area contributed by atoms with Crippen molar-refractivity contribution in [1.82, 2.24) is 4.57 Å². The lowest BCUT2D eigenvalue weighted by molar-refractivity contribution is 0.445. The fourth-order valence-corrected chi connectivity index (χ4v) is 2.42. The molecular formula is C9H11BrN2O. The Morgan fingerprint density at radius 2 is 2.31 bits per heavy atom. The summed E-state index contributed by atoms with van der Waals surface area (Å²) in [6.07, 6.45) is 1.95. The van der Waals surface area contributed by atoms with Crippen LogP contribution in [0.4, 0.5) is 0 Å². The second-order valence-electron chi connectivity index (χ2n) is 3.31. The van der Waals surface area contributed by atoms with Gasteiger partial charge in [-0.05, 0) is 34.8 Å². The number of nitrogens with zero attached hydrogens (tertiary/aromatic N) is 1. The molecule has 3 nitrogen and oxygen atoms in total. The van der Waals surface area contributed by atoms with Gasteiger partial charge in [0.2, 0.25) is 0 Å². The first-order chi connectivity index (χ1) is 6.20. The molecule has 0 aliphatic carbocycles.